The fraction of sp³-hybridized carbons (Fsp3) is 0.545. The van der Waals surface area contributed by atoms with Crippen LogP contribution in [0.5, 0.6) is 0 Å². The summed E-state index contributed by atoms with van der Waals surface area (Å²) in [6, 6.07) is 3.71. The molecule has 3 nitrogen and oxygen atoms in total. The normalized spacial score (nSPS) is 14.0. The lowest BCUT2D eigenvalue weighted by atomic mass is 10.1. The lowest BCUT2D eigenvalue weighted by Crippen LogP contribution is -2.38. The van der Waals surface area contributed by atoms with Gasteiger partial charge in [0.25, 0.3) is 0 Å². The zero-order valence-electron chi connectivity index (χ0n) is 8.99. The lowest BCUT2D eigenvalue weighted by molar-refractivity contribution is 0.163. The van der Waals surface area contributed by atoms with E-state index in [9.17, 15) is 5.11 Å². The molecule has 1 atom stereocenters. The molecule has 1 rings (SSSR count). The number of rotatable bonds is 3. The van der Waals surface area contributed by atoms with E-state index in [1.54, 1.807) is 12.4 Å². The summed E-state index contributed by atoms with van der Waals surface area (Å²) in [7, 11) is 0. The van der Waals surface area contributed by atoms with Crippen molar-refractivity contribution in [1.29, 1.82) is 0 Å². The van der Waals surface area contributed by atoms with Crippen LogP contribution in [0.2, 0.25) is 0 Å². The number of pyridine rings is 1. The summed E-state index contributed by atoms with van der Waals surface area (Å²) < 4.78 is 0. The van der Waals surface area contributed by atoms with E-state index in [1.165, 1.54) is 0 Å². The zero-order valence-corrected chi connectivity index (χ0v) is 8.99. The smallest absolute Gasteiger partial charge is 0.0929 e. The highest BCUT2D eigenvalue weighted by Crippen LogP contribution is 2.10. The van der Waals surface area contributed by atoms with Gasteiger partial charge in [-0.25, -0.2) is 0 Å². The standard InChI is InChI=1S/C11H18N2O/c1-11(2,3)13-8-10(14)9-5-4-6-12-7-9/h4-7,10,13-14H,8H2,1-3H3. The third-order valence-electron chi connectivity index (χ3n) is 1.89. The van der Waals surface area contributed by atoms with E-state index in [0.717, 1.165) is 5.56 Å². The minimum absolute atomic E-state index is 0.0309. The molecule has 0 amide bonds. The quantitative estimate of drug-likeness (QED) is 0.766. The summed E-state index contributed by atoms with van der Waals surface area (Å²) in [6.07, 6.45) is 2.91. The van der Waals surface area contributed by atoms with Gasteiger partial charge in [-0.1, -0.05) is 6.07 Å². The molecule has 0 aliphatic carbocycles. The van der Waals surface area contributed by atoms with Crippen LogP contribution < -0.4 is 5.32 Å². The van der Waals surface area contributed by atoms with Crippen LogP contribution >= 0.6 is 0 Å². The molecule has 0 aliphatic heterocycles. The number of aliphatic hydroxyl groups is 1. The van der Waals surface area contributed by atoms with Crippen molar-refractivity contribution in [3.05, 3.63) is 30.1 Å². The van der Waals surface area contributed by atoms with Gasteiger partial charge >= 0.3 is 0 Å². The number of β-amino-alcohol motifs (C(OH)–C–C–N with tert-alkyl or cyclic N) is 1. The number of aromatic nitrogens is 1. The van der Waals surface area contributed by atoms with Crippen LogP contribution in [0.15, 0.2) is 24.5 Å². The van der Waals surface area contributed by atoms with Gasteiger partial charge in [0, 0.05) is 30.0 Å². The number of aliphatic hydroxyl groups excluding tert-OH is 1. The van der Waals surface area contributed by atoms with Crippen molar-refractivity contribution in [1.82, 2.24) is 10.3 Å². The maximum absolute atomic E-state index is 9.78. The number of nitrogens with one attached hydrogen (secondary N) is 1. The highest BCUT2D eigenvalue weighted by Gasteiger charge is 2.13. The highest BCUT2D eigenvalue weighted by molar-refractivity contribution is 5.12. The number of hydrogen-bond donors (Lipinski definition) is 2. The summed E-state index contributed by atoms with van der Waals surface area (Å²) >= 11 is 0. The molecule has 0 spiro atoms. The minimum atomic E-state index is -0.483. The molecule has 0 saturated carbocycles. The second-order valence-electron chi connectivity index (χ2n) is 4.43. The Kier molecular flexibility index (Phi) is 3.61. The van der Waals surface area contributed by atoms with Gasteiger partial charge in [0.15, 0.2) is 0 Å². The van der Waals surface area contributed by atoms with Gasteiger partial charge in [-0.15, -0.1) is 0 Å². The van der Waals surface area contributed by atoms with Crippen LogP contribution in [-0.4, -0.2) is 22.2 Å². The molecule has 0 aromatic carbocycles. The number of hydrogen-bond acceptors (Lipinski definition) is 3. The van der Waals surface area contributed by atoms with E-state index in [4.69, 9.17) is 0 Å². The summed E-state index contributed by atoms with van der Waals surface area (Å²) in [4.78, 5) is 3.96. The third kappa shape index (κ3) is 3.85. The van der Waals surface area contributed by atoms with Gasteiger partial charge in [-0.05, 0) is 26.8 Å². The Morgan fingerprint density at radius 3 is 2.71 bits per heavy atom. The Hall–Kier alpha value is -0.930. The zero-order chi connectivity index (χ0) is 10.6. The second-order valence-corrected chi connectivity index (χ2v) is 4.43. The van der Waals surface area contributed by atoms with E-state index < -0.39 is 6.10 Å². The van der Waals surface area contributed by atoms with Crippen LogP contribution in [-0.2, 0) is 0 Å². The van der Waals surface area contributed by atoms with Gasteiger partial charge in [0.05, 0.1) is 6.10 Å². The first-order chi connectivity index (χ1) is 6.49. The van der Waals surface area contributed by atoms with Crippen molar-refractivity contribution in [3.8, 4) is 0 Å². The highest BCUT2D eigenvalue weighted by atomic mass is 16.3. The predicted octanol–water partition coefficient (Wildman–Crippen LogP) is 1.50. The van der Waals surface area contributed by atoms with Gasteiger partial charge in [0.1, 0.15) is 0 Å². The molecule has 0 saturated heterocycles. The SMILES string of the molecule is CC(C)(C)NCC(O)c1cccnc1. The number of nitrogens with zero attached hydrogens (tertiary/aromatic N) is 1. The van der Waals surface area contributed by atoms with Crippen molar-refractivity contribution in [2.45, 2.75) is 32.4 Å². The fourth-order valence-corrected chi connectivity index (χ4v) is 1.09. The summed E-state index contributed by atoms with van der Waals surface area (Å²) in [5, 5.41) is 13.0. The monoisotopic (exact) mass is 194 g/mol. The van der Waals surface area contributed by atoms with E-state index in [-0.39, 0.29) is 5.54 Å². The van der Waals surface area contributed by atoms with Gasteiger partial charge in [-0.2, -0.15) is 0 Å². The first kappa shape index (κ1) is 11.1. The summed E-state index contributed by atoms with van der Waals surface area (Å²) in [6.45, 7) is 6.77. The van der Waals surface area contributed by atoms with Crippen LogP contribution in [0.1, 0.15) is 32.4 Å². The average Bonchev–Trinajstić information content (AvgIpc) is 2.14. The molecule has 14 heavy (non-hydrogen) atoms. The first-order valence-corrected chi connectivity index (χ1v) is 4.82. The molecule has 1 heterocycles. The van der Waals surface area contributed by atoms with Crippen molar-refractivity contribution < 1.29 is 5.11 Å². The molecule has 1 aromatic rings. The molecular weight excluding hydrogens is 176 g/mol. The van der Waals surface area contributed by atoms with Gasteiger partial charge < -0.3 is 10.4 Å². The van der Waals surface area contributed by atoms with E-state index in [1.807, 2.05) is 12.1 Å². The molecular formula is C11H18N2O. The summed E-state index contributed by atoms with van der Waals surface area (Å²) in [5.74, 6) is 0. The maximum atomic E-state index is 9.78. The Bertz CT molecular complexity index is 266. The Morgan fingerprint density at radius 2 is 2.21 bits per heavy atom. The van der Waals surface area contributed by atoms with Crippen LogP contribution in [0.25, 0.3) is 0 Å². The largest absolute Gasteiger partial charge is 0.387 e. The van der Waals surface area contributed by atoms with Gasteiger partial charge in [0.2, 0.25) is 0 Å². The molecule has 0 fully saturated rings. The minimum Gasteiger partial charge on any atom is -0.387 e. The van der Waals surface area contributed by atoms with Crippen molar-refractivity contribution >= 4 is 0 Å². The molecule has 2 N–H and O–H groups in total. The first-order valence-electron chi connectivity index (χ1n) is 4.82. The topological polar surface area (TPSA) is 45.1 Å². The van der Waals surface area contributed by atoms with E-state index >= 15 is 0 Å². The Balaban J connectivity index is 2.48. The van der Waals surface area contributed by atoms with Crippen molar-refractivity contribution in [2.75, 3.05) is 6.54 Å². The van der Waals surface area contributed by atoms with Gasteiger partial charge in [-0.3, -0.25) is 4.98 Å². The van der Waals surface area contributed by atoms with Crippen molar-refractivity contribution in [2.24, 2.45) is 0 Å². The van der Waals surface area contributed by atoms with Crippen LogP contribution in [0.4, 0.5) is 0 Å². The molecule has 0 radical (unpaired) electrons. The van der Waals surface area contributed by atoms with Crippen molar-refractivity contribution in [3.63, 3.8) is 0 Å². The molecule has 0 bridgehead atoms. The maximum Gasteiger partial charge on any atom is 0.0929 e. The van der Waals surface area contributed by atoms with E-state index in [0.29, 0.717) is 6.54 Å². The lowest BCUT2D eigenvalue weighted by Gasteiger charge is -2.22. The second kappa shape index (κ2) is 4.53. The molecule has 78 valence electrons. The Morgan fingerprint density at radius 1 is 1.50 bits per heavy atom. The Labute approximate surface area is 85.2 Å². The average molecular weight is 194 g/mol. The fourth-order valence-electron chi connectivity index (χ4n) is 1.09. The molecule has 0 aliphatic rings. The predicted molar refractivity (Wildman–Crippen MR) is 57.0 cm³/mol. The third-order valence-corrected chi connectivity index (χ3v) is 1.89. The summed E-state index contributed by atoms with van der Waals surface area (Å²) in [5.41, 5.74) is 0.882. The molecule has 3 heteroatoms. The molecule has 1 unspecified atom stereocenters. The van der Waals surface area contributed by atoms with E-state index in [2.05, 4.69) is 31.1 Å². The van der Waals surface area contributed by atoms with Crippen LogP contribution in [0.3, 0.4) is 0 Å². The molecule has 1 aromatic heterocycles. The van der Waals surface area contributed by atoms with Crippen LogP contribution in [0, 0.1) is 0 Å².